The van der Waals surface area contributed by atoms with Crippen LogP contribution in [0.3, 0.4) is 0 Å². The summed E-state index contributed by atoms with van der Waals surface area (Å²) in [5.41, 5.74) is 0. The first kappa shape index (κ1) is 15.5. The Morgan fingerprint density at radius 3 is 2.68 bits per heavy atom. The highest BCUT2D eigenvalue weighted by molar-refractivity contribution is 5.77. The summed E-state index contributed by atoms with van der Waals surface area (Å²) in [6.45, 7) is 5.51. The highest BCUT2D eigenvalue weighted by atomic mass is 16.4. The fraction of sp³-hybridized carbons (Fsp3) is 0.714. The number of rotatable bonds is 5. The Labute approximate surface area is 114 Å². The molecule has 1 saturated carbocycles. The van der Waals surface area contributed by atoms with Gasteiger partial charge in [0.1, 0.15) is 0 Å². The van der Waals surface area contributed by atoms with Crippen LogP contribution >= 0.6 is 0 Å². The van der Waals surface area contributed by atoms with E-state index < -0.39 is 11.9 Å². The minimum Gasteiger partial charge on any atom is -0.481 e. The average molecular weight is 268 g/mol. The van der Waals surface area contributed by atoms with E-state index in [1.165, 1.54) is 0 Å². The Balaban J connectivity index is 2.53. The van der Waals surface area contributed by atoms with Gasteiger partial charge >= 0.3 is 12.0 Å². The normalized spacial score (nSPS) is 24.9. The van der Waals surface area contributed by atoms with E-state index in [2.05, 4.69) is 17.2 Å². The van der Waals surface area contributed by atoms with Crippen molar-refractivity contribution in [3.8, 4) is 0 Å². The van der Waals surface area contributed by atoms with E-state index in [4.69, 9.17) is 0 Å². The third-order valence-electron chi connectivity index (χ3n) is 3.55. The van der Waals surface area contributed by atoms with Crippen LogP contribution in [0.2, 0.25) is 0 Å². The number of hydrogen-bond acceptors (Lipinski definition) is 2. The zero-order chi connectivity index (χ0) is 14.3. The predicted molar refractivity (Wildman–Crippen MR) is 73.9 cm³/mol. The van der Waals surface area contributed by atoms with Crippen LogP contribution in [0.25, 0.3) is 0 Å². The van der Waals surface area contributed by atoms with Crippen molar-refractivity contribution >= 4 is 12.0 Å². The lowest BCUT2D eigenvalue weighted by Crippen LogP contribution is -2.49. The first-order valence-corrected chi connectivity index (χ1v) is 6.95. The lowest BCUT2D eigenvalue weighted by molar-refractivity contribution is -0.142. The monoisotopic (exact) mass is 268 g/mol. The topological polar surface area (TPSA) is 78.4 Å². The molecule has 108 valence electrons. The van der Waals surface area contributed by atoms with Crippen LogP contribution in [0, 0.1) is 5.92 Å². The molecule has 0 aliphatic heterocycles. The van der Waals surface area contributed by atoms with Gasteiger partial charge in [-0.05, 0) is 26.2 Å². The van der Waals surface area contributed by atoms with E-state index in [-0.39, 0.29) is 18.1 Å². The number of carbonyl (C=O) groups is 2. The van der Waals surface area contributed by atoms with Gasteiger partial charge in [-0.3, -0.25) is 4.79 Å². The summed E-state index contributed by atoms with van der Waals surface area (Å²) >= 11 is 0. The van der Waals surface area contributed by atoms with Crippen molar-refractivity contribution < 1.29 is 14.7 Å². The third-order valence-corrected chi connectivity index (χ3v) is 3.55. The lowest BCUT2D eigenvalue weighted by Gasteiger charge is -2.24. The van der Waals surface area contributed by atoms with Gasteiger partial charge in [-0.2, -0.15) is 0 Å². The molecule has 0 radical (unpaired) electrons. The quantitative estimate of drug-likeness (QED) is 0.528. The van der Waals surface area contributed by atoms with Gasteiger partial charge in [0.05, 0.1) is 5.92 Å². The second-order valence-corrected chi connectivity index (χ2v) is 5.23. The molecule has 0 saturated heterocycles. The average Bonchev–Trinajstić information content (AvgIpc) is 2.54. The second kappa shape index (κ2) is 7.81. The van der Waals surface area contributed by atoms with Gasteiger partial charge in [0.25, 0.3) is 0 Å². The van der Waals surface area contributed by atoms with E-state index >= 15 is 0 Å². The Kier molecular flexibility index (Phi) is 6.39. The SMILES string of the molecule is C=CCC(C)NC(=O)NC1CCCCCC1C(=O)O. The largest absolute Gasteiger partial charge is 0.481 e. The number of carbonyl (C=O) groups excluding carboxylic acids is 1. The number of hydrogen-bond donors (Lipinski definition) is 3. The molecule has 1 fully saturated rings. The molecule has 3 unspecified atom stereocenters. The predicted octanol–water partition coefficient (Wildman–Crippen LogP) is 2.28. The van der Waals surface area contributed by atoms with Crippen molar-refractivity contribution in [1.29, 1.82) is 0 Å². The molecule has 0 bridgehead atoms. The molecule has 1 rings (SSSR count). The summed E-state index contributed by atoms with van der Waals surface area (Å²) in [5, 5.41) is 14.8. The molecule has 0 heterocycles. The second-order valence-electron chi connectivity index (χ2n) is 5.23. The number of nitrogens with one attached hydrogen (secondary N) is 2. The molecule has 0 aromatic rings. The maximum atomic E-state index is 11.8. The molecular formula is C14H24N2O3. The zero-order valence-electron chi connectivity index (χ0n) is 11.5. The van der Waals surface area contributed by atoms with Crippen LogP contribution in [0.1, 0.15) is 45.4 Å². The van der Waals surface area contributed by atoms with Crippen LogP contribution in [0.15, 0.2) is 12.7 Å². The van der Waals surface area contributed by atoms with E-state index in [1.54, 1.807) is 6.08 Å². The minimum atomic E-state index is -0.814. The Morgan fingerprint density at radius 1 is 1.37 bits per heavy atom. The molecule has 5 nitrogen and oxygen atoms in total. The first-order chi connectivity index (χ1) is 9.04. The molecule has 0 spiro atoms. The summed E-state index contributed by atoms with van der Waals surface area (Å²) in [6, 6.07) is -0.546. The highest BCUT2D eigenvalue weighted by Crippen LogP contribution is 2.23. The zero-order valence-corrected chi connectivity index (χ0v) is 11.5. The smallest absolute Gasteiger partial charge is 0.315 e. The van der Waals surface area contributed by atoms with Crippen LogP contribution in [-0.4, -0.2) is 29.2 Å². The number of urea groups is 1. The molecule has 3 atom stereocenters. The summed E-state index contributed by atoms with van der Waals surface area (Å²) in [7, 11) is 0. The van der Waals surface area contributed by atoms with Crippen LogP contribution in [0.4, 0.5) is 4.79 Å². The minimum absolute atomic E-state index is 0.00607. The number of carboxylic acid groups (broad SMARTS) is 1. The fourth-order valence-electron chi connectivity index (χ4n) is 2.52. The van der Waals surface area contributed by atoms with Crippen molar-refractivity contribution in [3.05, 3.63) is 12.7 Å². The maximum absolute atomic E-state index is 11.8. The van der Waals surface area contributed by atoms with Crippen molar-refractivity contribution in [2.75, 3.05) is 0 Å². The molecule has 0 aromatic carbocycles. The summed E-state index contributed by atoms with van der Waals surface area (Å²) in [6.07, 6.45) is 6.75. The fourth-order valence-corrected chi connectivity index (χ4v) is 2.52. The number of amides is 2. The van der Waals surface area contributed by atoms with E-state index in [1.807, 2.05) is 6.92 Å². The van der Waals surface area contributed by atoms with Gasteiger partial charge in [0, 0.05) is 12.1 Å². The van der Waals surface area contributed by atoms with Crippen molar-refractivity contribution in [1.82, 2.24) is 10.6 Å². The van der Waals surface area contributed by atoms with Crippen LogP contribution < -0.4 is 10.6 Å². The first-order valence-electron chi connectivity index (χ1n) is 6.95. The van der Waals surface area contributed by atoms with Gasteiger partial charge < -0.3 is 15.7 Å². The molecule has 3 N–H and O–H groups in total. The Morgan fingerprint density at radius 2 is 2.05 bits per heavy atom. The van der Waals surface area contributed by atoms with Gasteiger partial charge in [-0.15, -0.1) is 6.58 Å². The molecular weight excluding hydrogens is 244 g/mol. The molecule has 2 amide bonds. The molecule has 1 aliphatic carbocycles. The summed E-state index contributed by atoms with van der Waals surface area (Å²) < 4.78 is 0. The highest BCUT2D eigenvalue weighted by Gasteiger charge is 2.30. The van der Waals surface area contributed by atoms with Crippen molar-refractivity contribution in [3.63, 3.8) is 0 Å². The number of aliphatic carboxylic acids is 1. The maximum Gasteiger partial charge on any atom is 0.315 e. The van der Waals surface area contributed by atoms with Gasteiger partial charge in [-0.1, -0.05) is 25.3 Å². The molecule has 1 aliphatic rings. The van der Waals surface area contributed by atoms with Crippen molar-refractivity contribution in [2.24, 2.45) is 5.92 Å². The lowest BCUT2D eigenvalue weighted by atomic mass is 9.95. The van der Waals surface area contributed by atoms with Crippen LogP contribution in [0.5, 0.6) is 0 Å². The summed E-state index contributed by atoms with van der Waals surface area (Å²) in [4.78, 5) is 23.1. The Hall–Kier alpha value is -1.52. The van der Waals surface area contributed by atoms with Gasteiger partial charge in [-0.25, -0.2) is 4.79 Å². The van der Waals surface area contributed by atoms with E-state index in [0.717, 1.165) is 25.7 Å². The number of carboxylic acids is 1. The Bertz CT molecular complexity index is 331. The standard InChI is InChI=1S/C14H24N2O3/c1-3-7-10(2)15-14(19)16-12-9-6-4-5-8-11(12)13(17)18/h3,10-12H,1,4-9H2,2H3,(H,17,18)(H2,15,16,19). The van der Waals surface area contributed by atoms with Gasteiger partial charge in [0.15, 0.2) is 0 Å². The molecule has 5 heteroatoms. The van der Waals surface area contributed by atoms with E-state index in [9.17, 15) is 14.7 Å². The molecule has 19 heavy (non-hydrogen) atoms. The molecule has 0 aromatic heterocycles. The summed E-state index contributed by atoms with van der Waals surface area (Å²) in [5.74, 6) is -1.28. The van der Waals surface area contributed by atoms with Crippen LogP contribution in [-0.2, 0) is 4.79 Å². The van der Waals surface area contributed by atoms with E-state index in [0.29, 0.717) is 12.8 Å². The third kappa shape index (κ3) is 5.32. The van der Waals surface area contributed by atoms with Crippen molar-refractivity contribution in [2.45, 2.75) is 57.5 Å². The van der Waals surface area contributed by atoms with Gasteiger partial charge in [0.2, 0.25) is 0 Å².